The molecule has 1 saturated heterocycles. The van der Waals surface area contributed by atoms with Crippen molar-refractivity contribution in [3.8, 4) is 17.3 Å². The Kier molecular flexibility index (Phi) is 6.43. The predicted molar refractivity (Wildman–Crippen MR) is 133 cm³/mol. The number of hydrogen-bond acceptors (Lipinski definition) is 6. The molecule has 0 radical (unpaired) electrons. The van der Waals surface area contributed by atoms with Gasteiger partial charge < -0.3 is 24.4 Å². The molecule has 196 valence electrons. The van der Waals surface area contributed by atoms with E-state index in [1.54, 1.807) is 12.3 Å². The molecule has 5 rings (SSSR count). The number of ether oxygens (including phenoxy) is 1. The summed E-state index contributed by atoms with van der Waals surface area (Å²) in [5.74, 6) is -4.87. The van der Waals surface area contributed by atoms with Gasteiger partial charge in [-0.3, -0.25) is 4.79 Å². The van der Waals surface area contributed by atoms with Crippen molar-refractivity contribution in [1.29, 1.82) is 0 Å². The van der Waals surface area contributed by atoms with Gasteiger partial charge in [0.2, 0.25) is 11.3 Å². The van der Waals surface area contributed by atoms with Gasteiger partial charge in [-0.25, -0.2) is 22.9 Å². The number of aromatic carboxylic acids is 1. The second kappa shape index (κ2) is 9.73. The number of aromatic hydroxyl groups is 1. The number of carboxylic acid groups (broad SMARTS) is 1. The van der Waals surface area contributed by atoms with Gasteiger partial charge in [-0.1, -0.05) is 6.07 Å². The minimum atomic E-state index is -1.64. The number of aryl methyl sites for hydroxylation is 1. The topological polar surface area (TPSA) is 105 Å². The van der Waals surface area contributed by atoms with Crippen LogP contribution in [0.1, 0.15) is 28.8 Å². The lowest BCUT2D eigenvalue weighted by atomic mass is 10.1. The molecular weight excluding hydrogens is 503 g/mol. The van der Waals surface area contributed by atoms with Crippen LogP contribution in [-0.2, 0) is 0 Å². The molecule has 0 bridgehead atoms. The van der Waals surface area contributed by atoms with Gasteiger partial charge in [-0.15, -0.1) is 0 Å². The summed E-state index contributed by atoms with van der Waals surface area (Å²) < 4.78 is 53.2. The van der Waals surface area contributed by atoms with Gasteiger partial charge in [0.05, 0.1) is 22.6 Å². The quantitative estimate of drug-likeness (QED) is 0.380. The first-order valence-electron chi connectivity index (χ1n) is 11.8. The monoisotopic (exact) mass is 525 g/mol. The molecule has 2 N–H and O–H groups in total. The van der Waals surface area contributed by atoms with Crippen molar-refractivity contribution < 1.29 is 32.9 Å². The summed E-state index contributed by atoms with van der Waals surface area (Å²) in [7, 11) is 0. The maximum atomic E-state index is 16.2. The summed E-state index contributed by atoms with van der Waals surface area (Å²) in [6, 6.07) is 6.91. The van der Waals surface area contributed by atoms with E-state index in [1.807, 2.05) is 13.0 Å². The molecule has 0 amide bonds. The van der Waals surface area contributed by atoms with E-state index in [1.165, 1.54) is 4.90 Å². The molecule has 4 aromatic rings. The smallest absolute Gasteiger partial charge is 0.341 e. The Labute approximate surface area is 214 Å². The van der Waals surface area contributed by atoms with E-state index in [0.29, 0.717) is 25.3 Å². The highest BCUT2D eigenvalue weighted by Crippen LogP contribution is 2.36. The molecule has 3 heterocycles. The van der Waals surface area contributed by atoms with Gasteiger partial charge in [0.25, 0.3) is 0 Å². The zero-order valence-corrected chi connectivity index (χ0v) is 20.1. The normalized spacial score (nSPS) is 15.3. The van der Waals surface area contributed by atoms with Gasteiger partial charge in [0.15, 0.2) is 11.6 Å². The van der Waals surface area contributed by atoms with E-state index >= 15 is 8.78 Å². The van der Waals surface area contributed by atoms with Crippen LogP contribution in [0, 0.1) is 24.4 Å². The fourth-order valence-corrected chi connectivity index (χ4v) is 4.80. The number of nitrogens with zero attached hydrogens (tertiary/aromatic N) is 3. The maximum absolute atomic E-state index is 16.2. The molecule has 1 atom stereocenters. The standard InChI is InChI=1S/C27H22F3N3O5/c1-14-4-2-8-31-26(14)38-13-15-5-3-9-32(15)24-20(29)11-17-23(22(24)30)33(12-18(25(17)35)27(36)37)21-7-6-16(34)10-19(21)28/h2,4,6-8,10-12,15,34H,3,5,9,13H2,1H3,(H,36,37)/t15-/m1/s1. The molecule has 1 aliphatic heterocycles. The molecule has 38 heavy (non-hydrogen) atoms. The minimum absolute atomic E-state index is 0.0894. The van der Waals surface area contributed by atoms with Crippen LogP contribution in [0.5, 0.6) is 11.6 Å². The van der Waals surface area contributed by atoms with Crippen molar-refractivity contribution in [3.63, 3.8) is 0 Å². The molecule has 0 saturated carbocycles. The Bertz CT molecular complexity index is 1640. The van der Waals surface area contributed by atoms with Crippen LogP contribution in [0.2, 0.25) is 0 Å². The van der Waals surface area contributed by atoms with Crippen molar-refractivity contribution in [1.82, 2.24) is 9.55 Å². The molecular formula is C27H22F3N3O5. The molecule has 2 aromatic heterocycles. The molecule has 11 heteroatoms. The SMILES string of the molecule is Cc1cccnc1OC[C@H]1CCCN1c1c(F)cc2c(=O)c(C(=O)O)cn(-c3ccc(O)cc3F)c2c1F. The van der Waals surface area contributed by atoms with Crippen LogP contribution < -0.4 is 15.1 Å². The largest absolute Gasteiger partial charge is 0.508 e. The Morgan fingerprint density at radius 2 is 1.97 bits per heavy atom. The molecule has 0 aliphatic carbocycles. The number of phenols is 1. The van der Waals surface area contributed by atoms with Crippen LogP contribution >= 0.6 is 0 Å². The summed E-state index contributed by atoms with van der Waals surface area (Å²) in [6.45, 7) is 2.20. The van der Waals surface area contributed by atoms with Gasteiger partial charge in [-0.2, -0.15) is 0 Å². The molecule has 8 nitrogen and oxygen atoms in total. The van der Waals surface area contributed by atoms with E-state index < -0.39 is 62.8 Å². The van der Waals surface area contributed by atoms with Gasteiger partial charge in [0.1, 0.15) is 29.4 Å². The van der Waals surface area contributed by atoms with E-state index in [2.05, 4.69) is 4.98 Å². The predicted octanol–water partition coefficient (Wildman–Crippen LogP) is 4.56. The number of hydrogen-bond donors (Lipinski definition) is 2. The van der Waals surface area contributed by atoms with Crippen LogP contribution in [-0.4, -0.2) is 44.9 Å². The summed E-state index contributed by atoms with van der Waals surface area (Å²) >= 11 is 0. The van der Waals surface area contributed by atoms with Gasteiger partial charge in [-0.05, 0) is 44.0 Å². The number of aromatic nitrogens is 2. The number of fused-ring (bicyclic) bond motifs is 1. The summed E-state index contributed by atoms with van der Waals surface area (Å²) in [6.07, 6.45) is 3.55. The highest BCUT2D eigenvalue weighted by Gasteiger charge is 2.32. The van der Waals surface area contributed by atoms with Crippen LogP contribution in [0.25, 0.3) is 16.6 Å². The third-order valence-corrected chi connectivity index (χ3v) is 6.62. The van der Waals surface area contributed by atoms with E-state index in [0.717, 1.165) is 40.6 Å². The fourth-order valence-electron chi connectivity index (χ4n) is 4.80. The lowest BCUT2D eigenvalue weighted by Gasteiger charge is -2.28. The van der Waals surface area contributed by atoms with Crippen molar-refractivity contribution in [2.45, 2.75) is 25.8 Å². The average Bonchev–Trinajstić information content (AvgIpc) is 3.32. The van der Waals surface area contributed by atoms with Crippen LogP contribution in [0.4, 0.5) is 18.9 Å². The summed E-state index contributed by atoms with van der Waals surface area (Å²) in [4.78, 5) is 30.3. The number of rotatable bonds is 6. The van der Waals surface area contributed by atoms with Crippen molar-refractivity contribution in [2.75, 3.05) is 18.1 Å². The van der Waals surface area contributed by atoms with Gasteiger partial charge >= 0.3 is 5.97 Å². The molecule has 1 fully saturated rings. The highest BCUT2D eigenvalue weighted by molar-refractivity contribution is 5.94. The van der Waals surface area contributed by atoms with Crippen molar-refractivity contribution in [2.24, 2.45) is 0 Å². The number of carbonyl (C=O) groups is 1. The van der Waals surface area contributed by atoms with E-state index in [4.69, 9.17) is 4.74 Å². The third kappa shape index (κ3) is 4.29. The highest BCUT2D eigenvalue weighted by atomic mass is 19.1. The number of benzene rings is 2. The lowest BCUT2D eigenvalue weighted by molar-refractivity contribution is 0.0695. The van der Waals surface area contributed by atoms with Crippen molar-refractivity contribution in [3.05, 3.63) is 87.6 Å². The Hall–Kier alpha value is -4.54. The number of phenolic OH excluding ortho intramolecular Hbond substituents is 1. The first-order valence-corrected chi connectivity index (χ1v) is 11.8. The first kappa shape index (κ1) is 25.1. The number of carboxylic acids is 1. The van der Waals surface area contributed by atoms with Crippen LogP contribution in [0.3, 0.4) is 0 Å². The average molecular weight is 525 g/mol. The molecule has 1 aliphatic rings. The van der Waals surface area contributed by atoms with Crippen molar-refractivity contribution >= 4 is 22.6 Å². The lowest BCUT2D eigenvalue weighted by Crippen LogP contribution is -2.36. The van der Waals surface area contributed by atoms with E-state index in [9.17, 15) is 24.2 Å². The van der Waals surface area contributed by atoms with Gasteiger partial charge in [0, 0.05) is 30.6 Å². The number of anilines is 1. The van der Waals surface area contributed by atoms with E-state index in [-0.39, 0.29) is 12.3 Å². The zero-order chi connectivity index (χ0) is 27.1. The Morgan fingerprint density at radius 1 is 1.18 bits per heavy atom. The summed E-state index contributed by atoms with van der Waals surface area (Å²) in [5, 5.41) is 18.6. The maximum Gasteiger partial charge on any atom is 0.341 e. The van der Waals surface area contributed by atoms with Crippen LogP contribution in [0.15, 0.2) is 53.6 Å². The number of pyridine rings is 2. The third-order valence-electron chi connectivity index (χ3n) is 6.62. The minimum Gasteiger partial charge on any atom is -0.508 e. The molecule has 0 spiro atoms. The first-order chi connectivity index (χ1) is 18.2. The zero-order valence-electron chi connectivity index (χ0n) is 20.1. The summed E-state index contributed by atoms with van der Waals surface area (Å²) in [5.41, 5.74) is -2.37. The molecule has 0 unspecified atom stereocenters. The molecule has 2 aromatic carbocycles. The fraction of sp³-hybridized carbons (Fsp3) is 0.222. The second-order valence-electron chi connectivity index (χ2n) is 9.03. The second-order valence-corrected chi connectivity index (χ2v) is 9.03. The number of halogens is 3. The Balaban J connectivity index is 1.67. The Morgan fingerprint density at radius 3 is 2.68 bits per heavy atom.